The molecule has 0 bridgehead atoms. The Balaban J connectivity index is 2.40. The van der Waals surface area contributed by atoms with E-state index in [4.69, 9.17) is 5.73 Å². The maximum absolute atomic E-state index is 11.8. The Morgan fingerprint density at radius 1 is 1.25 bits per heavy atom. The smallest absolute Gasteiger partial charge is 0.257 e. The standard InChI is InChI=1S/C13H13N3O4/c1-16(2)13(20)6-4-3-5-7(10(6)17)15-9-8(14)11(18)12(9)19/h3-5,15,17H,14H2,1-2H3. The van der Waals surface area contributed by atoms with E-state index in [1.54, 1.807) is 20.2 Å². The minimum Gasteiger partial charge on any atom is -0.505 e. The summed E-state index contributed by atoms with van der Waals surface area (Å²) in [5.74, 6) is -0.692. The molecule has 0 heterocycles. The highest BCUT2D eigenvalue weighted by molar-refractivity contribution is 5.99. The molecule has 0 radical (unpaired) electrons. The van der Waals surface area contributed by atoms with Crippen molar-refractivity contribution in [1.82, 2.24) is 4.90 Å². The van der Waals surface area contributed by atoms with Crippen LogP contribution in [0.15, 0.2) is 27.8 Å². The van der Waals surface area contributed by atoms with Crippen molar-refractivity contribution in [3.8, 4) is 5.75 Å². The van der Waals surface area contributed by atoms with Crippen LogP contribution in [0.5, 0.6) is 5.75 Å². The van der Waals surface area contributed by atoms with Gasteiger partial charge in [-0.2, -0.15) is 0 Å². The number of aromatic hydroxyl groups is 1. The Morgan fingerprint density at radius 3 is 2.45 bits per heavy atom. The molecule has 0 unspecified atom stereocenters. The summed E-state index contributed by atoms with van der Waals surface area (Å²) in [7, 11) is 3.10. The number of hydrogen-bond acceptors (Lipinski definition) is 6. The van der Waals surface area contributed by atoms with E-state index in [1.807, 2.05) is 0 Å². The van der Waals surface area contributed by atoms with Gasteiger partial charge in [-0.1, -0.05) is 6.07 Å². The van der Waals surface area contributed by atoms with E-state index in [0.29, 0.717) is 0 Å². The van der Waals surface area contributed by atoms with Crippen molar-refractivity contribution in [2.45, 2.75) is 0 Å². The lowest BCUT2D eigenvalue weighted by molar-refractivity contribution is 0.0825. The monoisotopic (exact) mass is 275 g/mol. The zero-order valence-electron chi connectivity index (χ0n) is 10.9. The minimum atomic E-state index is -0.757. The van der Waals surface area contributed by atoms with Gasteiger partial charge in [0, 0.05) is 14.1 Å². The number of anilines is 3. The van der Waals surface area contributed by atoms with Crippen molar-refractivity contribution in [3.05, 3.63) is 44.2 Å². The Hall–Kier alpha value is -2.83. The second-order valence-electron chi connectivity index (χ2n) is 4.47. The van der Waals surface area contributed by atoms with Crippen molar-refractivity contribution >= 4 is 23.0 Å². The summed E-state index contributed by atoms with van der Waals surface area (Å²) in [5, 5.41) is 12.6. The highest BCUT2D eigenvalue weighted by Crippen LogP contribution is 2.31. The van der Waals surface area contributed by atoms with E-state index in [9.17, 15) is 19.5 Å². The highest BCUT2D eigenvalue weighted by Gasteiger charge is 2.21. The largest absolute Gasteiger partial charge is 0.505 e. The van der Waals surface area contributed by atoms with E-state index in [0.717, 1.165) is 0 Å². The van der Waals surface area contributed by atoms with E-state index >= 15 is 0 Å². The number of phenolic OH excluding ortho intramolecular Hbond substituents is 1. The van der Waals surface area contributed by atoms with Gasteiger partial charge in [-0.15, -0.1) is 0 Å². The molecule has 2 aromatic carbocycles. The molecule has 2 rings (SSSR count). The van der Waals surface area contributed by atoms with Gasteiger partial charge in [0.05, 0.1) is 11.3 Å². The van der Waals surface area contributed by atoms with E-state index in [2.05, 4.69) is 5.32 Å². The molecule has 20 heavy (non-hydrogen) atoms. The van der Waals surface area contributed by atoms with Gasteiger partial charge in [0.2, 0.25) is 0 Å². The Kier molecular flexibility index (Phi) is 3.19. The minimum absolute atomic E-state index is 0.0697. The molecule has 0 atom stereocenters. The molecule has 0 saturated heterocycles. The highest BCUT2D eigenvalue weighted by atomic mass is 16.3. The van der Waals surface area contributed by atoms with Crippen LogP contribution >= 0.6 is 0 Å². The molecular weight excluding hydrogens is 262 g/mol. The first-order valence-electron chi connectivity index (χ1n) is 5.74. The zero-order chi connectivity index (χ0) is 15.0. The first-order chi connectivity index (χ1) is 9.34. The van der Waals surface area contributed by atoms with Gasteiger partial charge in [-0.3, -0.25) is 14.4 Å². The summed E-state index contributed by atoms with van der Waals surface area (Å²) in [4.78, 5) is 35.5. The number of hydrogen-bond donors (Lipinski definition) is 3. The third-order valence-corrected chi connectivity index (χ3v) is 2.88. The summed E-state index contributed by atoms with van der Waals surface area (Å²) in [5.41, 5.74) is 3.85. The van der Waals surface area contributed by atoms with Crippen LogP contribution in [0.1, 0.15) is 10.4 Å². The molecule has 0 aromatic heterocycles. The van der Waals surface area contributed by atoms with E-state index in [1.165, 1.54) is 17.0 Å². The Labute approximate surface area is 113 Å². The first kappa shape index (κ1) is 13.6. The maximum atomic E-state index is 11.8. The number of nitrogens with two attached hydrogens (primary N) is 1. The summed E-state index contributed by atoms with van der Waals surface area (Å²) >= 11 is 0. The molecule has 104 valence electrons. The van der Waals surface area contributed by atoms with Crippen LogP contribution < -0.4 is 21.9 Å². The second kappa shape index (κ2) is 4.69. The van der Waals surface area contributed by atoms with Crippen molar-refractivity contribution in [1.29, 1.82) is 0 Å². The predicted molar refractivity (Wildman–Crippen MR) is 75.2 cm³/mol. The number of phenols is 1. The van der Waals surface area contributed by atoms with Crippen LogP contribution in [0.2, 0.25) is 0 Å². The van der Waals surface area contributed by atoms with Crippen LogP contribution in [-0.4, -0.2) is 30.0 Å². The molecule has 0 spiro atoms. The molecule has 0 fully saturated rings. The normalized spacial score (nSPS) is 10.5. The molecule has 0 aliphatic heterocycles. The molecular formula is C13H13N3O4. The number of nitrogens with one attached hydrogen (secondary N) is 1. The van der Waals surface area contributed by atoms with Crippen LogP contribution in [0.3, 0.4) is 0 Å². The van der Waals surface area contributed by atoms with Gasteiger partial charge < -0.3 is 21.1 Å². The number of para-hydroxylation sites is 1. The summed E-state index contributed by atoms with van der Waals surface area (Å²) < 4.78 is 0. The Bertz CT molecular complexity index is 757. The molecule has 7 heteroatoms. The fraction of sp³-hybridized carbons (Fsp3) is 0.154. The molecule has 7 nitrogen and oxygen atoms in total. The lowest BCUT2D eigenvalue weighted by atomic mass is 10.1. The maximum Gasteiger partial charge on any atom is 0.257 e. The van der Waals surface area contributed by atoms with Crippen molar-refractivity contribution in [2.24, 2.45) is 0 Å². The van der Waals surface area contributed by atoms with Gasteiger partial charge in [-0.25, -0.2) is 0 Å². The number of nitrogens with zero attached hydrogens (tertiary/aromatic N) is 1. The molecule has 4 N–H and O–H groups in total. The number of benzene rings is 1. The van der Waals surface area contributed by atoms with Gasteiger partial charge in [0.1, 0.15) is 11.4 Å². The number of rotatable bonds is 3. The second-order valence-corrected chi connectivity index (χ2v) is 4.47. The molecule has 2 aromatic rings. The number of carbonyl (C=O) groups is 1. The van der Waals surface area contributed by atoms with Crippen molar-refractivity contribution in [2.75, 3.05) is 25.1 Å². The van der Waals surface area contributed by atoms with Gasteiger partial charge in [0.15, 0.2) is 5.75 Å². The molecule has 1 amide bonds. The van der Waals surface area contributed by atoms with Crippen LogP contribution in [0, 0.1) is 0 Å². The first-order valence-corrected chi connectivity index (χ1v) is 5.74. The quantitative estimate of drug-likeness (QED) is 0.537. The molecule has 0 aliphatic carbocycles. The summed E-state index contributed by atoms with van der Waals surface area (Å²) in [6.07, 6.45) is 0. The van der Waals surface area contributed by atoms with Crippen LogP contribution in [0.4, 0.5) is 17.1 Å². The van der Waals surface area contributed by atoms with Crippen molar-refractivity contribution < 1.29 is 9.90 Å². The third kappa shape index (κ3) is 1.99. The average molecular weight is 275 g/mol. The van der Waals surface area contributed by atoms with Gasteiger partial charge in [0.25, 0.3) is 16.8 Å². The number of nitrogen functional groups attached to an aromatic ring is 1. The number of amides is 1. The average Bonchev–Trinajstić information content (AvgIpc) is 2.44. The van der Waals surface area contributed by atoms with E-state index < -0.39 is 10.9 Å². The lowest BCUT2D eigenvalue weighted by Gasteiger charge is -2.15. The van der Waals surface area contributed by atoms with Gasteiger partial charge in [-0.05, 0) is 12.1 Å². The van der Waals surface area contributed by atoms with E-state index in [-0.39, 0.29) is 34.3 Å². The summed E-state index contributed by atoms with van der Waals surface area (Å²) in [6, 6.07) is 4.47. The third-order valence-electron chi connectivity index (χ3n) is 2.88. The predicted octanol–water partition coefficient (Wildman–Crippen LogP) is 0.0158. The molecule has 0 aliphatic rings. The summed E-state index contributed by atoms with van der Waals surface area (Å²) in [6.45, 7) is 0. The Morgan fingerprint density at radius 2 is 1.90 bits per heavy atom. The fourth-order valence-electron chi connectivity index (χ4n) is 1.73. The topological polar surface area (TPSA) is 113 Å². The van der Waals surface area contributed by atoms with Crippen LogP contribution in [-0.2, 0) is 0 Å². The zero-order valence-corrected chi connectivity index (χ0v) is 10.9. The van der Waals surface area contributed by atoms with Crippen molar-refractivity contribution in [3.63, 3.8) is 0 Å². The SMILES string of the molecule is CN(C)C(=O)c1cccc(Nc2c(N)c(=O)c2=O)c1O. The number of carbonyl (C=O) groups excluding carboxylic acids is 1. The fourth-order valence-corrected chi connectivity index (χ4v) is 1.73. The molecule has 0 saturated carbocycles. The lowest BCUT2D eigenvalue weighted by Crippen LogP contribution is -2.36. The van der Waals surface area contributed by atoms with Crippen LogP contribution in [0.25, 0.3) is 0 Å². The van der Waals surface area contributed by atoms with Gasteiger partial charge >= 0.3 is 0 Å².